The highest BCUT2D eigenvalue weighted by molar-refractivity contribution is 7.14. The average molecular weight is 386 g/mol. The zero-order valence-electron chi connectivity index (χ0n) is 15.1. The maximum absolute atomic E-state index is 12.2. The van der Waals surface area contributed by atoms with Gasteiger partial charge in [-0.15, -0.1) is 11.3 Å². The lowest BCUT2D eigenvalue weighted by atomic mass is 9.87. The van der Waals surface area contributed by atoms with Crippen LogP contribution in [0.2, 0.25) is 0 Å². The first-order chi connectivity index (χ1) is 13.1. The molecule has 1 aromatic carbocycles. The van der Waals surface area contributed by atoms with Crippen molar-refractivity contribution in [3.8, 4) is 0 Å². The Balaban J connectivity index is 1.46. The van der Waals surface area contributed by atoms with Crippen molar-refractivity contribution in [1.82, 2.24) is 10.9 Å². The van der Waals surface area contributed by atoms with Crippen molar-refractivity contribution >= 4 is 29.1 Å². The van der Waals surface area contributed by atoms with Gasteiger partial charge in [0.2, 0.25) is 0 Å². The van der Waals surface area contributed by atoms with Crippen LogP contribution in [0, 0.1) is 5.92 Å². The van der Waals surface area contributed by atoms with Gasteiger partial charge in [0.05, 0.1) is 0 Å². The number of amides is 2. The SMILES string of the molecule is CC[C@H]1CCc2sc(C(=O)OCC(=O)NNC(=O)c3ccccc3)cc2C1. The number of carbonyl (C=O) groups is 3. The van der Waals surface area contributed by atoms with E-state index in [2.05, 4.69) is 17.8 Å². The fraction of sp³-hybridized carbons (Fsp3) is 0.350. The Hall–Kier alpha value is -2.67. The van der Waals surface area contributed by atoms with E-state index in [9.17, 15) is 14.4 Å². The van der Waals surface area contributed by atoms with Crippen LogP contribution in [0.5, 0.6) is 0 Å². The lowest BCUT2D eigenvalue weighted by Crippen LogP contribution is -2.43. The van der Waals surface area contributed by atoms with Gasteiger partial charge in [-0.05, 0) is 48.9 Å². The predicted molar refractivity (Wildman–Crippen MR) is 102 cm³/mol. The Bertz CT molecular complexity index is 832. The van der Waals surface area contributed by atoms with Gasteiger partial charge in [-0.2, -0.15) is 0 Å². The average Bonchev–Trinajstić information content (AvgIpc) is 3.14. The summed E-state index contributed by atoms with van der Waals surface area (Å²) in [6, 6.07) is 10.4. The van der Waals surface area contributed by atoms with Gasteiger partial charge in [-0.3, -0.25) is 20.4 Å². The Labute approximate surface area is 161 Å². The Kier molecular flexibility index (Phi) is 6.24. The highest BCUT2D eigenvalue weighted by Gasteiger charge is 2.23. The Morgan fingerprint density at radius 1 is 1.19 bits per heavy atom. The third-order valence-corrected chi connectivity index (χ3v) is 5.87. The largest absolute Gasteiger partial charge is 0.451 e. The molecule has 0 fully saturated rings. The number of rotatable bonds is 5. The maximum atomic E-state index is 12.2. The van der Waals surface area contributed by atoms with Crippen LogP contribution in [0.3, 0.4) is 0 Å². The minimum atomic E-state index is -0.597. The number of nitrogens with one attached hydrogen (secondary N) is 2. The predicted octanol–water partition coefficient (Wildman–Crippen LogP) is 2.88. The number of benzene rings is 1. The molecule has 0 saturated carbocycles. The monoisotopic (exact) mass is 386 g/mol. The van der Waals surface area contributed by atoms with E-state index in [-0.39, 0.29) is 0 Å². The van der Waals surface area contributed by atoms with E-state index in [1.165, 1.54) is 21.8 Å². The smallest absolute Gasteiger partial charge is 0.348 e. The Morgan fingerprint density at radius 3 is 2.70 bits per heavy atom. The van der Waals surface area contributed by atoms with Crippen molar-refractivity contribution in [3.63, 3.8) is 0 Å². The summed E-state index contributed by atoms with van der Waals surface area (Å²) >= 11 is 1.45. The van der Waals surface area contributed by atoms with Gasteiger partial charge in [0, 0.05) is 10.4 Å². The van der Waals surface area contributed by atoms with Crippen LogP contribution in [-0.4, -0.2) is 24.4 Å². The number of hydrogen-bond acceptors (Lipinski definition) is 5. The van der Waals surface area contributed by atoms with Crippen molar-refractivity contribution in [2.24, 2.45) is 5.92 Å². The third-order valence-electron chi connectivity index (χ3n) is 4.65. The molecule has 6 nitrogen and oxygen atoms in total. The van der Waals surface area contributed by atoms with E-state index in [1.54, 1.807) is 30.3 Å². The molecule has 1 aliphatic rings. The Morgan fingerprint density at radius 2 is 1.96 bits per heavy atom. The zero-order chi connectivity index (χ0) is 19.2. The van der Waals surface area contributed by atoms with Gasteiger partial charge in [0.15, 0.2) is 6.61 Å². The lowest BCUT2D eigenvalue weighted by Gasteiger charge is -2.19. The molecule has 0 unspecified atom stereocenters. The first-order valence-electron chi connectivity index (χ1n) is 8.99. The second-order valence-corrected chi connectivity index (χ2v) is 7.66. The van der Waals surface area contributed by atoms with E-state index < -0.39 is 24.4 Å². The van der Waals surface area contributed by atoms with E-state index in [4.69, 9.17) is 4.74 Å². The molecular formula is C20H22N2O4S. The van der Waals surface area contributed by atoms with Crippen LogP contribution in [0.1, 0.15) is 50.2 Å². The van der Waals surface area contributed by atoms with Crippen LogP contribution < -0.4 is 10.9 Å². The summed E-state index contributed by atoms with van der Waals surface area (Å²) in [4.78, 5) is 37.6. The minimum absolute atomic E-state index is 0.421. The highest BCUT2D eigenvalue weighted by Crippen LogP contribution is 2.33. The fourth-order valence-corrected chi connectivity index (χ4v) is 4.18. The van der Waals surface area contributed by atoms with Gasteiger partial charge in [0.25, 0.3) is 11.8 Å². The molecule has 2 amide bonds. The van der Waals surface area contributed by atoms with Gasteiger partial charge >= 0.3 is 5.97 Å². The summed E-state index contributed by atoms with van der Waals surface area (Å²) in [5.74, 6) is -0.867. The molecule has 0 aliphatic heterocycles. The second kappa shape index (κ2) is 8.81. The number of esters is 1. The molecule has 3 rings (SSSR count). The first-order valence-corrected chi connectivity index (χ1v) is 9.81. The minimum Gasteiger partial charge on any atom is -0.451 e. The molecule has 27 heavy (non-hydrogen) atoms. The molecule has 142 valence electrons. The van der Waals surface area contributed by atoms with Crippen LogP contribution in [-0.2, 0) is 22.4 Å². The fourth-order valence-electron chi connectivity index (χ4n) is 3.07. The van der Waals surface area contributed by atoms with Gasteiger partial charge < -0.3 is 4.74 Å². The molecule has 1 aliphatic carbocycles. The number of hydrazine groups is 1. The van der Waals surface area contributed by atoms with Crippen LogP contribution in [0.15, 0.2) is 36.4 Å². The summed E-state index contributed by atoms with van der Waals surface area (Å²) in [6.07, 6.45) is 4.30. The molecule has 0 saturated heterocycles. The van der Waals surface area contributed by atoms with Crippen LogP contribution in [0.25, 0.3) is 0 Å². The number of aryl methyl sites for hydroxylation is 1. The van der Waals surface area contributed by atoms with E-state index in [1.807, 2.05) is 6.07 Å². The summed E-state index contributed by atoms with van der Waals surface area (Å²) in [5.41, 5.74) is 6.17. The zero-order valence-corrected chi connectivity index (χ0v) is 15.9. The number of carbonyl (C=O) groups excluding carboxylic acids is 3. The molecular weight excluding hydrogens is 364 g/mol. The van der Waals surface area contributed by atoms with Crippen molar-refractivity contribution in [3.05, 3.63) is 57.3 Å². The summed E-state index contributed by atoms with van der Waals surface area (Å²) in [6.45, 7) is 1.74. The number of fused-ring (bicyclic) bond motifs is 1. The van der Waals surface area contributed by atoms with Gasteiger partial charge in [0.1, 0.15) is 4.88 Å². The summed E-state index contributed by atoms with van der Waals surface area (Å²) in [5, 5.41) is 0. The summed E-state index contributed by atoms with van der Waals surface area (Å²) < 4.78 is 5.07. The molecule has 0 radical (unpaired) electrons. The first kappa shape index (κ1) is 19.1. The number of ether oxygens (including phenoxy) is 1. The van der Waals surface area contributed by atoms with Crippen molar-refractivity contribution in [2.45, 2.75) is 32.6 Å². The normalized spacial score (nSPS) is 15.5. The van der Waals surface area contributed by atoms with E-state index in [0.717, 1.165) is 25.7 Å². The van der Waals surface area contributed by atoms with Crippen molar-refractivity contribution < 1.29 is 19.1 Å². The van der Waals surface area contributed by atoms with Crippen LogP contribution >= 0.6 is 11.3 Å². The topological polar surface area (TPSA) is 84.5 Å². The third kappa shape index (κ3) is 4.95. The van der Waals surface area contributed by atoms with Crippen molar-refractivity contribution in [2.75, 3.05) is 6.61 Å². The van der Waals surface area contributed by atoms with Crippen molar-refractivity contribution in [1.29, 1.82) is 0 Å². The van der Waals surface area contributed by atoms with Gasteiger partial charge in [-0.1, -0.05) is 31.5 Å². The highest BCUT2D eigenvalue weighted by atomic mass is 32.1. The van der Waals surface area contributed by atoms with Gasteiger partial charge in [-0.25, -0.2) is 4.79 Å². The summed E-state index contributed by atoms with van der Waals surface area (Å²) in [7, 11) is 0. The molecule has 0 bridgehead atoms. The number of hydrogen-bond donors (Lipinski definition) is 2. The number of thiophene rings is 1. The molecule has 2 aromatic rings. The maximum Gasteiger partial charge on any atom is 0.348 e. The molecule has 1 heterocycles. The molecule has 1 aromatic heterocycles. The molecule has 2 N–H and O–H groups in total. The quantitative estimate of drug-likeness (QED) is 0.611. The lowest BCUT2D eigenvalue weighted by molar-refractivity contribution is -0.125. The van der Waals surface area contributed by atoms with Crippen LogP contribution in [0.4, 0.5) is 0 Å². The molecule has 0 spiro atoms. The van der Waals surface area contributed by atoms with E-state index >= 15 is 0 Å². The standard InChI is InChI=1S/C20H22N2O4S/c1-2-13-8-9-16-15(10-13)11-17(27-16)20(25)26-12-18(23)21-22-19(24)14-6-4-3-5-7-14/h3-7,11,13H,2,8-10,12H2,1H3,(H,21,23)(H,22,24)/t13-/m0/s1. The van der Waals surface area contributed by atoms with E-state index in [0.29, 0.717) is 16.4 Å². The molecule has 7 heteroatoms. The molecule has 1 atom stereocenters. The second-order valence-electron chi connectivity index (χ2n) is 6.52.